The Morgan fingerprint density at radius 3 is 2.50 bits per heavy atom. The predicted octanol–water partition coefficient (Wildman–Crippen LogP) is 2.82. The van der Waals surface area contributed by atoms with E-state index < -0.39 is 0 Å². The normalized spacial score (nSPS) is 47.0. The van der Waals surface area contributed by atoms with Crippen LogP contribution in [0.25, 0.3) is 0 Å². The van der Waals surface area contributed by atoms with E-state index >= 15 is 0 Å². The lowest BCUT2D eigenvalue weighted by molar-refractivity contribution is 0.275. The summed E-state index contributed by atoms with van der Waals surface area (Å²) in [7, 11) is 0. The van der Waals surface area contributed by atoms with Gasteiger partial charge in [-0.2, -0.15) is 0 Å². The molecule has 70 valence electrons. The largest absolute Gasteiger partial charge is 0.369 e. The van der Waals surface area contributed by atoms with Crippen molar-refractivity contribution in [1.29, 1.82) is 0 Å². The Hall–Kier alpha value is 0.250. The van der Waals surface area contributed by atoms with Crippen LogP contribution in [0.3, 0.4) is 0 Å². The molecule has 0 aromatic carbocycles. The third-order valence-corrected chi connectivity index (χ3v) is 3.61. The molecule has 2 fully saturated rings. The summed E-state index contributed by atoms with van der Waals surface area (Å²) in [6.07, 6.45) is 3.52. The second kappa shape index (κ2) is 2.62. The van der Waals surface area contributed by atoms with Crippen LogP contribution in [0, 0.1) is 11.8 Å². The molecule has 2 heteroatoms. The molecule has 1 saturated carbocycles. The Bertz CT molecular complexity index is 185. The van der Waals surface area contributed by atoms with Crippen LogP contribution in [-0.4, -0.2) is 17.1 Å². The zero-order chi connectivity index (χ0) is 8.93. The fourth-order valence-electron chi connectivity index (χ4n) is 2.42. The molecule has 1 heterocycles. The monoisotopic (exact) mass is 188 g/mol. The molecule has 0 aromatic rings. The van der Waals surface area contributed by atoms with E-state index in [1.807, 2.05) is 0 Å². The zero-order valence-electron chi connectivity index (χ0n) is 8.01. The Morgan fingerprint density at radius 2 is 1.92 bits per heavy atom. The number of fused-ring (bicyclic) bond motifs is 1. The quantitative estimate of drug-likeness (QED) is 0.456. The van der Waals surface area contributed by atoms with Crippen LogP contribution >= 0.6 is 11.6 Å². The van der Waals surface area contributed by atoms with E-state index in [0.717, 1.165) is 5.92 Å². The van der Waals surface area contributed by atoms with Crippen molar-refractivity contribution in [2.45, 2.75) is 50.7 Å². The molecule has 0 N–H and O–H groups in total. The van der Waals surface area contributed by atoms with Crippen molar-refractivity contribution < 1.29 is 4.74 Å². The number of hydrogen-bond donors (Lipinski definition) is 0. The van der Waals surface area contributed by atoms with Gasteiger partial charge in [0.1, 0.15) is 0 Å². The molecular formula is C10H17ClO. The van der Waals surface area contributed by atoms with E-state index in [-0.39, 0.29) is 4.87 Å². The number of ether oxygens (including phenoxy) is 1. The minimum absolute atomic E-state index is 0.0838. The summed E-state index contributed by atoms with van der Waals surface area (Å²) in [6.45, 7) is 6.49. The molecular weight excluding hydrogens is 172 g/mol. The Balaban J connectivity index is 2.03. The number of halogens is 1. The van der Waals surface area contributed by atoms with Crippen LogP contribution in [0.2, 0.25) is 0 Å². The molecule has 4 unspecified atom stereocenters. The molecule has 1 aliphatic heterocycles. The van der Waals surface area contributed by atoms with Crippen LogP contribution in [0.1, 0.15) is 33.6 Å². The van der Waals surface area contributed by atoms with Gasteiger partial charge in [-0.3, -0.25) is 0 Å². The summed E-state index contributed by atoms with van der Waals surface area (Å²) in [6, 6.07) is 0. The highest BCUT2D eigenvalue weighted by molar-refractivity contribution is 6.23. The van der Waals surface area contributed by atoms with Gasteiger partial charge in [0, 0.05) is 10.8 Å². The van der Waals surface area contributed by atoms with Crippen molar-refractivity contribution in [2.24, 2.45) is 11.8 Å². The van der Waals surface area contributed by atoms with Gasteiger partial charge in [-0.1, -0.05) is 6.92 Å². The average molecular weight is 189 g/mol. The maximum Gasteiger partial charge on any atom is 0.0889 e. The fraction of sp³-hybridized carbons (Fsp3) is 1.00. The van der Waals surface area contributed by atoms with E-state index in [1.54, 1.807) is 0 Å². The molecule has 0 aromatic heterocycles. The fourth-order valence-corrected chi connectivity index (χ4v) is 2.66. The average Bonchev–Trinajstić information content (AvgIpc) is 2.64. The van der Waals surface area contributed by atoms with E-state index in [4.69, 9.17) is 16.3 Å². The van der Waals surface area contributed by atoms with Crippen LogP contribution < -0.4 is 0 Å². The minimum Gasteiger partial charge on any atom is -0.369 e. The number of hydrogen-bond acceptors (Lipinski definition) is 1. The predicted molar refractivity (Wildman–Crippen MR) is 50.5 cm³/mol. The van der Waals surface area contributed by atoms with Gasteiger partial charge < -0.3 is 4.74 Å². The molecule has 2 rings (SSSR count). The second-order valence-corrected chi connectivity index (χ2v) is 5.77. The van der Waals surface area contributed by atoms with Gasteiger partial charge >= 0.3 is 0 Å². The number of epoxide rings is 1. The highest BCUT2D eigenvalue weighted by Gasteiger charge is 2.54. The van der Waals surface area contributed by atoms with E-state index in [0.29, 0.717) is 18.1 Å². The lowest BCUT2D eigenvalue weighted by Gasteiger charge is -2.31. The number of rotatable bonds is 1. The van der Waals surface area contributed by atoms with Crippen LogP contribution in [0.4, 0.5) is 0 Å². The first-order chi connectivity index (χ1) is 5.50. The van der Waals surface area contributed by atoms with Crippen molar-refractivity contribution in [3.8, 4) is 0 Å². The molecule has 0 radical (unpaired) electrons. The summed E-state index contributed by atoms with van der Waals surface area (Å²) >= 11 is 6.30. The first-order valence-electron chi connectivity index (χ1n) is 4.84. The van der Waals surface area contributed by atoms with Gasteiger partial charge in [0.15, 0.2) is 0 Å². The van der Waals surface area contributed by atoms with Crippen molar-refractivity contribution in [1.82, 2.24) is 0 Å². The smallest absolute Gasteiger partial charge is 0.0889 e. The third kappa shape index (κ3) is 1.38. The van der Waals surface area contributed by atoms with Crippen LogP contribution in [0.5, 0.6) is 0 Å². The van der Waals surface area contributed by atoms with Gasteiger partial charge in [0.2, 0.25) is 0 Å². The maximum absolute atomic E-state index is 6.30. The highest BCUT2D eigenvalue weighted by atomic mass is 35.5. The highest BCUT2D eigenvalue weighted by Crippen LogP contribution is 2.49. The van der Waals surface area contributed by atoms with Gasteiger partial charge in [-0.05, 0) is 32.6 Å². The van der Waals surface area contributed by atoms with Gasteiger partial charge in [0.25, 0.3) is 0 Å². The minimum atomic E-state index is -0.0838. The van der Waals surface area contributed by atoms with Crippen molar-refractivity contribution in [3.63, 3.8) is 0 Å². The van der Waals surface area contributed by atoms with Gasteiger partial charge in [0.05, 0.1) is 12.2 Å². The molecule has 1 nitrogen and oxygen atoms in total. The molecule has 0 bridgehead atoms. The molecule has 4 atom stereocenters. The Labute approximate surface area is 79.4 Å². The van der Waals surface area contributed by atoms with E-state index in [1.165, 1.54) is 12.8 Å². The summed E-state index contributed by atoms with van der Waals surface area (Å²) in [5, 5.41) is 0. The third-order valence-electron chi connectivity index (χ3n) is 3.33. The van der Waals surface area contributed by atoms with E-state index in [9.17, 15) is 0 Å². The molecule has 0 amide bonds. The van der Waals surface area contributed by atoms with Crippen LogP contribution in [-0.2, 0) is 4.74 Å². The van der Waals surface area contributed by atoms with E-state index in [2.05, 4.69) is 20.8 Å². The van der Waals surface area contributed by atoms with Gasteiger partial charge in [-0.25, -0.2) is 0 Å². The molecule has 1 saturated heterocycles. The van der Waals surface area contributed by atoms with Crippen molar-refractivity contribution in [2.75, 3.05) is 0 Å². The maximum atomic E-state index is 6.30. The lowest BCUT2D eigenvalue weighted by atomic mass is 9.77. The Morgan fingerprint density at radius 1 is 1.25 bits per heavy atom. The SMILES string of the molecule is CC1CCC(C(C)(C)Cl)C2OC12. The topological polar surface area (TPSA) is 12.5 Å². The molecule has 1 aliphatic carbocycles. The summed E-state index contributed by atoms with van der Waals surface area (Å²) < 4.78 is 5.64. The summed E-state index contributed by atoms with van der Waals surface area (Å²) in [5.41, 5.74) is 0. The van der Waals surface area contributed by atoms with Gasteiger partial charge in [-0.15, -0.1) is 11.6 Å². The molecule has 2 aliphatic rings. The van der Waals surface area contributed by atoms with Crippen molar-refractivity contribution in [3.05, 3.63) is 0 Å². The zero-order valence-corrected chi connectivity index (χ0v) is 8.77. The first-order valence-corrected chi connectivity index (χ1v) is 5.22. The summed E-state index contributed by atoms with van der Waals surface area (Å²) in [4.78, 5) is -0.0838. The first kappa shape index (κ1) is 8.83. The lowest BCUT2D eigenvalue weighted by Crippen LogP contribution is -2.34. The summed E-state index contributed by atoms with van der Waals surface area (Å²) in [5.74, 6) is 1.32. The number of alkyl halides is 1. The van der Waals surface area contributed by atoms with Crippen LogP contribution in [0.15, 0.2) is 0 Å². The molecule has 12 heavy (non-hydrogen) atoms. The molecule has 0 spiro atoms. The standard InChI is InChI=1S/C10H17ClO/c1-6-4-5-7(10(2,3)11)9-8(6)12-9/h6-9H,4-5H2,1-3H3. The van der Waals surface area contributed by atoms with Crippen molar-refractivity contribution >= 4 is 11.6 Å². The Kier molecular flexibility index (Phi) is 1.93. The second-order valence-electron chi connectivity index (χ2n) is 4.79.